The van der Waals surface area contributed by atoms with E-state index in [4.69, 9.17) is 21.1 Å². The Morgan fingerprint density at radius 2 is 1.75 bits per heavy atom. The zero-order valence-corrected chi connectivity index (χ0v) is 14.6. The molecule has 0 aliphatic carbocycles. The minimum Gasteiger partial charge on any atom is -0.419 e. The van der Waals surface area contributed by atoms with Gasteiger partial charge in [-0.1, -0.05) is 27.5 Å². The highest BCUT2D eigenvalue weighted by atomic mass is 79.9. The van der Waals surface area contributed by atoms with Crippen LogP contribution >= 0.6 is 27.5 Å². The van der Waals surface area contributed by atoms with Crippen LogP contribution in [-0.2, 0) is 25.2 Å². The van der Waals surface area contributed by atoms with Crippen LogP contribution in [0.2, 0.25) is 5.02 Å². The lowest BCUT2D eigenvalue weighted by molar-refractivity contribution is -0.222. The number of nitrogens with one attached hydrogen (secondary N) is 1. The number of hydrogen-bond donors (Lipinski definition) is 1. The summed E-state index contributed by atoms with van der Waals surface area (Å²) in [6, 6.07) is 2.05. The minimum absolute atomic E-state index is 0.122. The molecule has 1 aliphatic heterocycles. The van der Waals surface area contributed by atoms with Gasteiger partial charge in [0.05, 0.1) is 16.3 Å². The Balaban J connectivity index is 2.39. The van der Waals surface area contributed by atoms with Crippen LogP contribution in [0.15, 0.2) is 28.4 Å². The molecule has 1 saturated heterocycles. The van der Waals surface area contributed by atoms with Crippen LogP contribution in [-0.4, -0.2) is 17.7 Å². The molecular formula is C14H10BrClF3NO4. The second-order valence-electron chi connectivity index (χ2n) is 5.19. The molecule has 2 rings (SSSR count). The van der Waals surface area contributed by atoms with Crippen molar-refractivity contribution in [1.29, 1.82) is 0 Å². The van der Waals surface area contributed by atoms with Gasteiger partial charge < -0.3 is 14.8 Å². The highest BCUT2D eigenvalue weighted by Crippen LogP contribution is 2.41. The lowest BCUT2D eigenvalue weighted by atomic mass is 10.1. The third kappa shape index (κ3) is 4.02. The summed E-state index contributed by atoms with van der Waals surface area (Å²) in [6.07, 6.45) is -3.94. The van der Waals surface area contributed by atoms with Crippen LogP contribution in [0.25, 0.3) is 0 Å². The highest BCUT2D eigenvalue weighted by molar-refractivity contribution is 9.10. The molecule has 1 aromatic carbocycles. The number of ether oxygens (including phenoxy) is 2. The van der Waals surface area contributed by atoms with Gasteiger partial charge in [0.1, 0.15) is 0 Å². The van der Waals surface area contributed by atoms with Gasteiger partial charge in [-0.05, 0) is 12.1 Å². The van der Waals surface area contributed by atoms with Gasteiger partial charge in [0.2, 0.25) is 0 Å². The van der Waals surface area contributed by atoms with Crippen LogP contribution in [0, 0.1) is 0 Å². The Hall–Kier alpha value is -1.74. The fourth-order valence-electron chi connectivity index (χ4n) is 1.87. The molecule has 1 N–H and O–H groups in total. The first-order valence-corrected chi connectivity index (χ1v) is 7.57. The molecule has 1 aliphatic rings. The summed E-state index contributed by atoms with van der Waals surface area (Å²) in [5.41, 5.74) is -2.16. The number of hydrogen-bond acceptors (Lipinski definition) is 5. The summed E-state index contributed by atoms with van der Waals surface area (Å²) < 4.78 is 49.1. The van der Waals surface area contributed by atoms with E-state index < -0.39 is 40.7 Å². The summed E-state index contributed by atoms with van der Waals surface area (Å²) in [4.78, 5) is 23.5. The molecule has 0 bridgehead atoms. The van der Waals surface area contributed by atoms with Crippen molar-refractivity contribution < 1.29 is 32.2 Å². The van der Waals surface area contributed by atoms with E-state index in [9.17, 15) is 22.8 Å². The number of halogens is 5. The third-order valence-electron chi connectivity index (χ3n) is 2.84. The number of esters is 2. The third-order valence-corrected chi connectivity index (χ3v) is 3.59. The standard InChI is InChI=1S/C14H10BrClF3NO4/c1-13(2)23-11(21)7(12(22)24-13)5-20-10-8(14(17,18)19)3-6(15)4-9(10)16/h3-5,20H,1-2H3. The van der Waals surface area contributed by atoms with Crippen molar-refractivity contribution in [2.45, 2.75) is 25.8 Å². The average Bonchev–Trinajstić information content (AvgIpc) is 2.36. The summed E-state index contributed by atoms with van der Waals surface area (Å²) in [5.74, 6) is -3.49. The Morgan fingerprint density at radius 3 is 2.25 bits per heavy atom. The van der Waals surface area contributed by atoms with Crippen LogP contribution in [0.5, 0.6) is 0 Å². The largest absolute Gasteiger partial charge is 0.419 e. The molecular weight excluding hydrogens is 419 g/mol. The number of cyclic esters (lactones) is 2. The van der Waals surface area contributed by atoms with E-state index in [0.717, 1.165) is 12.3 Å². The number of alkyl halides is 3. The predicted molar refractivity (Wildman–Crippen MR) is 82.1 cm³/mol. The van der Waals surface area contributed by atoms with Gasteiger partial charge in [-0.2, -0.15) is 13.2 Å². The fraction of sp³-hybridized carbons (Fsp3) is 0.286. The fourth-order valence-corrected chi connectivity index (χ4v) is 2.73. The van der Waals surface area contributed by atoms with E-state index in [1.807, 2.05) is 0 Å². The number of carbonyl (C=O) groups excluding carboxylic acids is 2. The Morgan fingerprint density at radius 1 is 1.21 bits per heavy atom. The van der Waals surface area contributed by atoms with Crippen molar-refractivity contribution in [2.24, 2.45) is 0 Å². The molecule has 10 heteroatoms. The molecule has 5 nitrogen and oxygen atoms in total. The summed E-state index contributed by atoms with van der Waals surface area (Å²) in [6.45, 7) is 2.70. The lowest BCUT2D eigenvalue weighted by Crippen LogP contribution is -2.42. The van der Waals surface area contributed by atoms with Gasteiger partial charge in [-0.15, -0.1) is 0 Å². The maximum atomic E-state index is 13.1. The van der Waals surface area contributed by atoms with E-state index in [2.05, 4.69) is 21.2 Å². The number of benzene rings is 1. The molecule has 0 amide bonds. The molecule has 130 valence electrons. The molecule has 0 atom stereocenters. The second kappa shape index (κ2) is 6.29. The molecule has 1 aromatic rings. The molecule has 1 heterocycles. The van der Waals surface area contributed by atoms with Crippen LogP contribution in [0.4, 0.5) is 18.9 Å². The molecule has 0 spiro atoms. The quantitative estimate of drug-likeness (QED) is 0.433. The van der Waals surface area contributed by atoms with Crippen LogP contribution < -0.4 is 5.32 Å². The molecule has 0 saturated carbocycles. The Bertz CT molecular complexity index is 724. The number of carbonyl (C=O) groups is 2. The molecule has 0 aromatic heterocycles. The number of rotatable bonds is 2. The van der Waals surface area contributed by atoms with Gasteiger partial charge >= 0.3 is 18.1 Å². The maximum Gasteiger partial charge on any atom is 0.418 e. The first-order chi connectivity index (χ1) is 10.9. The van der Waals surface area contributed by atoms with Crippen molar-refractivity contribution in [3.05, 3.63) is 39.0 Å². The molecule has 0 radical (unpaired) electrons. The second-order valence-corrected chi connectivity index (χ2v) is 6.51. The van der Waals surface area contributed by atoms with Crippen molar-refractivity contribution in [1.82, 2.24) is 0 Å². The Labute approximate surface area is 147 Å². The molecule has 24 heavy (non-hydrogen) atoms. The van der Waals surface area contributed by atoms with E-state index in [1.165, 1.54) is 19.9 Å². The summed E-state index contributed by atoms with van der Waals surface area (Å²) >= 11 is 8.75. The van der Waals surface area contributed by atoms with Crippen LogP contribution in [0.3, 0.4) is 0 Å². The van der Waals surface area contributed by atoms with Crippen molar-refractivity contribution >= 4 is 45.2 Å². The van der Waals surface area contributed by atoms with Gasteiger partial charge in [-0.3, -0.25) is 0 Å². The van der Waals surface area contributed by atoms with E-state index in [-0.39, 0.29) is 9.50 Å². The first-order valence-electron chi connectivity index (χ1n) is 6.40. The molecule has 0 unspecified atom stereocenters. The zero-order valence-electron chi connectivity index (χ0n) is 12.3. The lowest BCUT2D eigenvalue weighted by Gasteiger charge is -2.29. The summed E-state index contributed by atoms with van der Waals surface area (Å²) in [7, 11) is 0. The minimum atomic E-state index is -4.70. The van der Waals surface area contributed by atoms with Crippen molar-refractivity contribution in [3.63, 3.8) is 0 Å². The van der Waals surface area contributed by atoms with Crippen molar-refractivity contribution in [3.8, 4) is 0 Å². The topological polar surface area (TPSA) is 64.6 Å². The van der Waals surface area contributed by atoms with Gasteiger partial charge in [-0.25, -0.2) is 9.59 Å². The van der Waals surface area contributed by atoms with Crippen molar-refractivity contribution in [2.75, 3.05) is 5.32 Å². The normalized spacial score (nSPS) is 17.2. The first kappa shape index (κ1) is 18.6. The SMILES string of the molecule is CC1(C)OC(=O)C(=CNc2c(Cl)cc(Br)cc2C(F)(F)F)C(=O)O1. The number of anilines is 1. The molecule has 1 fully saturated rings. The Kier molecular flexibility index (Phi) is 4.87. The van der Waals surface area contributed by atoms with Crippen LogP contribution in [0.1, 0.15) is 19.4 Å². The maximum absolute atomic E-state index is 13.1. The smallest absolute Gasteiger partial charge is 0.418 e. The van der Waals surface area contributed by atoms with Gasteiger partial charge in [0.15, 0.2) is 5.57 Å². The van der Waals surface area contributed by atoms with E-state index >= 15 is 0 Å². The van der Waals surface area contributed by atoms with E-state index in [0.29, 0.717) is 0 Å². The van der Waals surface area contributed by atoms with E-state index in [1.54, 1.807) is 0 Å². The van der Waals surface area contributed by atoms with Gasteiger partial charge in [0.25, 0.3) is 5.79 Å². The summed E-state index contributed by atoms with van der Waals surface area (Å²) in [5, 5.41) is 1.98. The highest BCUT2D eigenvalue weighted by Gasteiger charge is 2.39. The average molecular weight is 429 g/mol. The zero-order chi connectivity index (χ0) is 18.3. The van der Waals surface area contributed by atoms with Gasteiger partial charge in [0, 0.05) is 24.5 Å². The monoisotopic (exact) mass is 427 g/mol. The predicted octanol–water partition coefficient (Wildman–Crippen LogP) is 4.25.